The van der Waals surface area contributed by atoms with Gasteiger partial charge >= 0.3 is 6.09 Å². The SMILES string of the molecule is CCCCCNC(=O)[C@H](Cc1ccc(Nc2ccccc2)cc1)NC(=O)[C@H](Cc1ccccc1)NC(=O)OC(C)(C)C. The van der Waals surface area contributed by atoms with E-state index in [0.29, 0.717) is 13.0 Å². The average Bonchev–Trinajstić information content (AvgIpc) is 2.95. The smallest absolute Gasteiger partial charge is 0.408 e. The number of anilines is 2. The molecule has 3 aromatic rings. The zero-order chi connectivity index (χ0) is 30.4. The molecule has 8 heteroatoms. The number of amides is 3. The van der Waals surface area contributed by atoms with Crippen LogP contribution in [0.4, 0.5) is 16.2 Å². The molecular formula is C34H44N4O4. The average molecular weight is 573 g/mol. The van der Waals surface area contributed by atoms with E-state index in [-0.39, 0.29) is 12.3 Å². The van der Waals surface area contributed by atoms with Gasteiger partial charge in [0.2, 0.25) is 11.8 Å². The number of carbonyl (C=O) groups is 3. The summed E-state index contributed by atoms with van der Waals surface area (Å²) >= 11 is 0. The first-order valence-electron chi connectivity index (χ1n) is 14.7. The summed E-state index contributed by atoms with van der Waals surface area (Å²) in [4.78, 5) is 39.6. The van der Waals surface area contributed by atoms with Crippen LogP contribution >= 0.6 is 0 Å². The van der Waals surface area contributed by atoms with Gasteiger partial charge in [0, 0.05) is 30.8 Å². The van der Waals surface area contributed by atoms with Gasteiger partial charge in [-0.05, 0) is 62.6 Å². The van der Waals surface area contributed by atoms with Crippen molar-refractivity contribution in [3.63, 3.8) is 0 Å². The second-order valence-corrected chi connectivity index (χ2v) is 11.3. The Morgan fingerprint density at radius 1 is 0.690 bits per heavy atom. The second-order valence-electron chi connectivity index (χ2n) is 11.3. The van der Waals surface area contributed by atoms with Crippen molar-refractivity contribution in [2.75, 3.05) is 11.9 Å². The Morgan fingerprint density at radius 2 is 1.24 bits per heavy atom. The third-order valence-electron chi connectivity index (χ3n) is 6.46. The van der Waals surface area contributed by atoms with Crippen molar-refractivity contribution in [2.45, 2.75) is 77.5 Å². The lowest BCUT2D eigenvalue weighted by Crippen LogP contribution is -2.55. The standard InChI is InChI=1S/C34H44N4O4/c1-5-6-13-22-35-31(39)29(24-26-18-20-28(21-19-26)36-27-16-11-8-12-17-27)37-32(40)30(23-25-14-9-7-10-15-25)38-33(41)42-34(2,3)4/h7-12,14-21,29-30,36H,5-6,13,22-24H2,1-4H3,(H,35,39)(H,37,40)(H,38,41)/t29-,30-/m0/s1. The molecule has 0 aliphatic rings. The first kappa shape index (κ1) is 32.2. The topological polar surface area (TPSA) is 109 Å². The summed E-state index contributed by atoms with van der Waals surface area (Å²) in [6, 6.07) is 25.3. The number of alkyl carbamates (subject to hydrolysis) is 1. The number of hydrogen-bond donors (Lipinski definition) is 4. The number of para-hydroxylation sites is 1. The van der Waals surface area contributed by atoms with Crippen LogP contribution in [0.2, 0.25) is 0 Å². The van der Waals surface area contributed by atoms with Gasteiger partial charge in [-0.25, -0.2) is 4.79 Å². The fourth-order valence-corrected chi connectivity index (χ4v) is 4.35. The van der Waals surface area contributed by atoms with Gasteiger partial charge < -0.3 is 26.0 Å². The molecular weight excluding hydrogens is 528 g/mol. The van der Waals surface area contributed by atoms with Gasteiger partial charge in [-0.2, -0.15) is 0 Å². The number of carbonyl (C=O) groups excluding carboxylic acids is 3. The van der Waals surface area contributed by atoms with Crippen LogP contribution in [-0.4, -0.2) is 42.1 Å². The minimum absolute atomic E-state index is 0.247. The molecule has 3 amide bonds. The maximum atomic E-state index is 13.6. The molecule has 0 bridgehead atoms. The lowest BCUT2D eigenvalue weighted by Gasteiger charge is -2.25. The van der Waals surface area contributed by atoms with Crippen LogP contribution in [0.5, 0.6) is 0 Å². The van der Waals surface area contributed by atoms with Crippen molar-refractivity contribution in [1.82, 2.24) is 16.0 Å². The van der Waals surface area contributed by atoms with Crippen LogP contribution in [0.3, 0.4) is 0 Å². The van der Waals surface area contributed by atoms with Gasteiger partial charge in [-0.3, -0.25) is 9.59 Å². The number of rotatable bonds is 14. The number of nitrogens with one attached hydrogen (secondary N) is 4. The first-order valence-corrected chi connectivity index (χ1v) is 14.7. The van der Waals surface area contributed by atoms with E-state index < -0.39 is 29.7 Å². The molecule has 0 fully saturated rings. The molecule has 0 saturated carbocycles. The summed E-state index contributed by atoms with van der Waals surface area (Å²) in [7, 11) is 0. The van der Waals surface area contributed by atoms with Crippen LogP contribution in [0.1, 0.15) is 58.1 Å². The van der Waals surface area contributed by atoms with Crippen molar-refractivity contribution >= 4 is 29.3 Å². The lowest BCUT2D eigenvalue weighted by atomic mass is 10.0. The summed E-state index contributed by atoms with van der Waals surface area (Å²) in [6.07, 6.45) is 2.75. The van der Waals surface area contributed by atoms with E-state index in [1.807, 2.05) is 84.9 Å². The molecule has 0 aromatic heterocycles. The molecule has 4 N–H and O–H groups in total. The Balaban J connectivity index is 1.76. The molecule has 2 atom stereocenters. The fourth-order valence-electron chi connectivity index (χ4n) is 4.35. The minimum Gasteiger partial charge on any atom is -0.444 e. The van der Waals surface area contributed by atoms with Gasteiger partial charge in [-0.1, -0.05) is 80.4 Å². The van der Waals surface area contributed by atoms with Crippen molar-refractivity contribution in [2.24, 2.45) is 0 Å². The van der Waals surface area contributed by atoms with Gasteiger partial charge in [0.1, 0.15) is 17.7 Å². The molecule has 0 aliphatic carbocycles. The van der Waals surface area contributed by atoms with Crippen molar-refractivity contribution in [1.29, 1.82) is 0 Å². The zero-order valence-corrected chi connectivity index (χ0v) is 25.1. The van der Waals surface area contributed by atoms with Crippen molar-refractivity contribution in [3.8, 4) is 0 Å². The minimum atomic E-state index is -0.935. The van der Waals surface area contributed by atoms with E-state index in [1.54, 1.807) is 20.8 Å². The van der Waals surface area contributed by atoms with Crippen LogP contribution in [-0.2, 0) is 27.2 Å². The summed E-state index contributed by atoms with van der Waals surface area (Å²) < 4.78 is 5.42. The molecule has 0 aliphatic heterocycles. The fraction of sp³-hybridized carbons (Fsp3) is 0.382. The van der Waals surface area contributed by atoms with Crippen LogP contribution in [0, 0.1) is 0 Å². The van der Waals surface area contributed by atoms with Gasteiger partial charge in [0.25, 0.3) is 0 Å². The summed E-state index contributed by atoms with van der Waals surface area (Å²) in [5.41, 5.74) is 2.93. The molecule has 8 nitrogen and oxygen atoms in total. The molecule has 42 heavy (non-hydrogen) atoms. The Bertz CT molecular complexity index is 1260. The van der Waals surface area contributed by atoms with E-state index in [1.165, 1.54) is 0 Å². The molecule has 0 saturated heterocycles. The predicted octanol–water partition coefficient (Wildman–Crippen LogP) is 5.90. The summed E-state index contributed by atoms with van der Waals surface area (Å²) in [5, 5.41) is 11.9. The predicted molar refractivity (Wildman–Crippen MR) is 168 cm³/mol. The molecule has 0 heterocycles. The second kappa shape index (κ2) is 16.2. The van der Waals surface area contributed by atoms with Crippen LogP contribution in [0.15, 0.2) is 84.9 Å². The first-order chi connectivity index (χ1) is 20.1. The highest BCUT2D eigenvalue weighted by atomic mass is 16.6. The van der Waals surface area contributed by atoms with Crippen LogP contribution in [0.25, 0.3) is 0 Å². The molecule has 224 valence electrons. The van der Waals surface area contributed by atoms with E-state index >= 15 is 0 Å². The summed E-state index contributed by atoms with van der Waals surface area (Å²) in [6.45, 7) is 7.92. The third-order valence-corrected chi connectivity index (χ3v) is 6.46. The molecule has 0 radical (unpaired) electrons. The molecule has 0 spiro atoms. The highest BCUT2D eigenvalue weighted by molar-refractivity contribution is 5.91. The highest BCUT2D eigenvalue weighted by Crippen LogP contribution is 2.18. The van der Waals surface area contributed by atoms with E-state index in [2.05, 4.69) is 28.2 Å². The Morgan fingerprint density at radius 3 is 1.83 bits per heavy atom. The normalized spacial score (nSPS) is 12.5. The molecule has 0 unspecified atom stereocenters. The zero-order valence-electron chi connectivity index (χ0n) is 25.1. The van der Waals surface area contributed by atoms with Crippen molar-refractivity contribution in [3.05, 3.63) is 96.1 Å². The quantitative estimate of drug-likeness (QED) is 0.180. The van der Waals surface area contributed by atoms with E-state index in [4.69, 9.17) is 4.74 Å². The maximum Gasteiger partial charge on any atom is 0.408 e. The van der Waals surface area contributed by atoms with Gasteiger partial charge in [-0.15, -0.1) is 0 Å². The van der Waals surface area contributed by atoms with Gasteiger partial charge in [0.05, 0.1) is 0 Å². The van der Waals surface area contributed by atoms with Gasteiger partial charge in [0.15, 0.2) is 0 Å². The Hall–Kier alpha value is -4.33. The number of benzene rings is 3. The Labute approximate surface area is 249 Å². The third kappa shape index (κ3) is 11.6. The maximum absolute atomic E-state index is 13.6. The monoisotopic (exact) mass is 572 g/mol. The van der Waals surface area contributed by atoms with E-state index in [9.17, 15) is 14.4 Å². The number of hydrogen-bond acceptors (Lipinski definition) is 5. The molecule has 3 aromatic carbocycles. The van der Waals surface area contributed by atoms with Crippen LogP contribution < -0.4 is 21.3 Å². The highest BCUT2D eigenvalue weighted by Gasteiger charge is 2.29. The number of unbranched alkanes of at least 4 members (excludes halogenated alkanes) is 2. The molecule has 3 rings (SSSR count). The number of ether oxygens (including phenoxy) is 1. The van der Waals surface area contributed by atoms with Crippen molar-refractivity contribution < 1.29 is 19.1 Å². The summed E-state index contributed by atoms with van der Waals surface area (Å²) in [5.74, 6) is -0.720. The van der Waals surface area contributed by atoms with E-state index in [0.717, 1.165) is 41.8 Å². The Kier molecular flexibility index (Phi) is 12.4. The lowest BCUT2D eigenvalue weighted by molar-refractivity contribution is -0.130. The largest absolute Gasteiger partial charge is 0.444 e.